The summed E-state index contributed by atoms with van der Waals surface area (Å²) in [7, 11) is 0. The van der Waals surface area contributed by atoms with Crippen molar-refractivity contribution in [3.8, 4) is 0 Å². The molecule has 2 fully saturated rings. The highest BCUT2D eigenvalue weighted by molar-refractivity contribution is 15.0. The molecular weight excluding hydrogens is 386 g/mol. The van der Waals surface area contributed by atoms with E-state index in [0.717, 1.165) is 11.8 Å². The Bertz CT molecular complexity index is 189. The molecule has 2 heteroatoms. The summed E-state index contributed by atoms with van der Waals surface area (Å²) in [6.45, 7) is 9.91. The fraction of sp³-hybridized carbons (Fsp3) is 1.00. The third kappa shape index (κ3) is 1.68. The summed E-state index contributed by atoms with van der Waals surface area (Å²) in [5.41, 5.74) is 1.30. The topological polar surface area (TPSA) is 0 Å². The molecule has 0 spiro atoms. The lowest BCUT2D eigenvalue weighted by Crippen LogP contribution is -2.30. The van der Waals surface area contributed by atoms with Crippen LogP contribution in [0.15, 0.2) is 0 Å². The Hall–Kier alpha value is 1.46. The van der Waals surface area contributed by atoms with E-state index in [-0.39, 0.29) is 0 Å². The van der Waals surface area contributed by atoms with E-state index >= 15 is 0 Å². The molecule has 0 amide bonds. The zero-order valence-corrected chi connectivity index (χ0v) is 13.3. The zero-order valence-electron chi connectivity index (χ0n) is 9.03. The van der Waals surface area contributed by atoms with Gasteiger partial charge in [0.25, 0.3) is 0 Å². The molecule has 2 bridgehead atoms. The maximum atomic E-state index is 2.50. The smallest absolute Gasteiger partial charge is 0 e. The Morgan fingerprint density at radius 2 is 1.69 bits per heavy atom. The van der Waals surface area contributed by atoms with E-state index in [2.05, 4.69) is 64.9 Å². The minimum absolute atomic E-state index is 0.631. The summed E-state index contributed by atoms with van der Waals surface area (Å²) in [6, 6.07) is 0. The lowest BCUT2D eigenvalue weighted by atomic mass is 9.67. The molecule has 0 aromatic carbocycles. The quantitative estimate of drug-likeness (QED) is 0.483. The summed E-state index contributed by atoms with van der Waals surface area (Å²) < 4.78 is 0. The van der Waals surface area contributed by atoms with E-state index in [0.29, 0.717) is 10.8 Å². The van der Waals surface area contributed by atoms with Gasteiger partial charge in [0.2, 0.25) is 0 Å². The molecule has 3 atom stereocenters. The average Bonchev–Trinajstić information content (AvgIpc) is 2.41. The summed E-state index contributed by atoms with van der Waals surface area (Å²) >= 11 is 4.24. The van der Waals surface area contributed by atoms with E-state index in [9.17, 15) is 0 Å². The first kappa shape index (κ1) is 12.5. The Morgan fingerprint density at radius 1 is 1.15 bits per heavy atom. The largest absolute Gasteiger partial charge is 0.0620 e. The van der Waals surface area contributed by atoms with Crippen molar-refractivity contribution < 1.29 is 0 Å². The van der Waals surface area contributed by atoms with Gasteiger partial charge in [-0.15, -0.1) is 0 Å². The van der Waals surface area contributed by atoms with E-state index in [1.165, 1.54) is 19.3 Å². The Kier molecular flexibility index (Phi) is 3.99. The fourth-order valence-corrected chi connectivity index (χ4v) is 3.60. The van der Waals surface area contributed by atoms with Crippen LogP contribution in [0.5, 0.6) is 0 Å². The van der Waals surface area contributed by atoms with E-state index in [4.69, 9.17) is 0 Å². The van der Waals surface area contributed by atoms with Crippen LogP contribution in [0, 0.1) is 22.7 Å². The monoisotopic (exact) mass is 406 g/mol. The van der Waals surface area contributed by atoms with Gasteiger partial charge in [0.05, 0.1) is 0 Å². The van der Waals surface area contributed by atoms with Gasteiger partial charge in [-0.05, 0) is 41.9 Å². The van der Waals surface area contributed by atoms with Crippen LogP contribution in [0.2, 0.25) is 0 Å². The van der Waals surface area contributed by atoms with Crippen LogP contribution in [0.25, 0.3) is 0 Å². The lowest BCUT2D eigenvalue weighted by molar-refractivity contribution is 0.112. The Labute approximate surface area is 106 Å². The van der Waals surface area contributed by atoms with E-state index < -0.39 is 0 Å². The lowest BCUT2D eigenvalue weighted by Gasteiger charge is -2.37. The van der Waals surface area contributed by atoms with E-state index in [1.807, 2.05) is 0 Å². The second-order valence-corrected chi connectivity index (χ2v) is 5.51. The molecule has 0 N–H and O–H groups in total. The van der Waals surface area contributed by atoms with E-state index in [1.54, 1.807) is 0 Å². The predicted molar refractivity (Wildman–Crippen MR) is 76.4 cm³/mol. The predicted octanol–water partition coefficient (Wildman–Crippen LogP) is 5.24. The van der Waals surface area contributed by atoms with Crippen molar-refractivity contribution in [3.05, 3.63) is 0 Å². The first-order valence-corrected chi connectivity index (χ1v) is 11.4. The van der Waals surface area contributed by atoms with Gasteiger partial charge in [-0.25, -0.2) is 0 Å². The minimum atomic E-state index is 0.631. The molecule has 0 aromatic heterocycles. The van der Waals surface area contributed by atoms with Crippen LogP contribution in [0.1, 0.15) is 47.0 Å². The van der Waals surface area contributed by atoms with Crippen molar-refractivity contribution in [2.45, 2.75) is 47.0 Å². The third-order valence-electron chi connectivity index (χ3n) is 5.23. The highest BCUT2D eigenvalue weighted by Crippen LogP contribution is 2.67. The van der Waals surface area contributed by atoms with Gasteiger partial charge in [0.15, 0.2) is 0 Å². The van der Waals surface area contributed by atoms with Crippen LogP contribution >= 0.6 is 37.2 Å². The second-order valence-electron chi connectivity index (χ2n) is 5.51. The van der Waals surface area contributed by atoms with Crippen LogP contribution in [-0.2, 0) is 0 Å². The zero-order chi connectivity index (χ0) is 10.3. The van der Waals surface area contributed by atoms with Crippen molar-refractivity contribution in [2.24, 2.45) is 22.7 Å². The number of rotatable bonds is 0. The highest BCUT2D eigenvalue weighted by Gasteiger charge is 2.59. The van der Waals surface area contributed by atoms with Crippen LogP contribution in [0.4, 0.5) is 0 Å². The molecular formula is C11H20I2. The summed E-state index contributed by atoms with van der Waals surface area (Å²) in [6.07, 6.45) is 4.46. The first-order chi connectivity index (χ1) is 5.98. The molecule has 0 radical (unpaired) electrons. The van der Waals surface area contributed by atoms with Gasteiger partial charge < -0.3 is 0 Å². The normalized spacial score (nSPS) is 45.7. The van der Waals surface area contributed by atoms with Crippen LogP contribution in [-0.4, -0.2) is 0 Å². The molecule has 2 rings (SSSR count). The molecule has 13 heavy (non-hydrogen) atoms. The standard InChI is InChI=1S/C11H20.I2/c1-8-7-9-5-6-11(8,4)10(9,2)3;1-2/h8-9H,5-7H2,1-4H3;. The van der Waals surface area contributed by atoms with Gasteiger partial charge >= 0.3 is 0 Å². The van der Waals surface area contributed by atoms with Gasteiger partial charge in [0, 0.05) is 37.2 Å². The number of hydrogen-bond donors (Lipinski definition) is 0. The number of halogens is 2. The maximum Gasteiger partial charge on any atom is 0 e. The molecule has 3 unspecified atom stereocenters. The van der Waals surface area contributed by atoms with Crippen LogP contribution in [0.3, 0.4) is 0 Å². The first-order valence-electron chi connectivity index (χ1n) is 5.13. The maximum absolute atomic E-state index is 2.50. The highest BCUT2D eigenvalue weighted by atomic mass is 128. The van der Waals surface area contributed by atoms with Gasteiger partial charge in [0.1, 0.15) is 0 Å². The molecule has 0 aromatic rings. The molecule has 2 saturated carbocycles. The van der Waals surface area contributed by atoms with Crippen molar-refractivity contribution in [1.29, 1.82) is 0 Å². The Balaban J connectivity index is 0.000000396. The fourth-order valence-electron chi connectivity index (χ4n) is 3.60. The van der Waals surface area contributed by atoms with Crippen molar-refractivity contribution in [3.63, 3.8) is 0 Å². The average molecular weight is 406 g/mol. The van der Waals surface area contributed by atoms with Crippen LogP contribution < -0.4 is 0 Å². The summed E-state index contributed by atoms with van der Waals surface area (Å²) in [5, 5.41) is 0. The molecule has 78 valence electrons. The van der Waals surface area contributed by atoms with Crippen molar-refractivity contribution in [2.75, 3.05) is 0 Å². The summed E-state index contributed by atoms with van der Waals surface area (Å²) in [4.78, 5) is 0. The Morgan fingerprint density at radius 3 is 1.85 bits per heavy atom. The van der Waals surface area contributed by atoms with Crippen molar-refractivity contribution >= 4 is 37.2 Å². The number of fused-ring (bicyclic) bond motifs is 2. The van der Waals surface area contributed by atoms with Gasteiger partial charge in [-0.1, -0.05) is 27.7 Å². The van der Waals surface area contributed by atoms with Crippen molar-refractivity contribution in [1.82, 2.24) is 0 Å². The van der Waals surface area contributed by atoms with Gasteiger partial charge in [-0.2, -0.15) is 0 Å². The minimum Gasteiger partial charge on any atom is -0.0620 e. The molecule has 2 aliphatic rings. The molecule has 0 aliphatic heterocycles. The molecule has 0 saturated heterocycles. The summed E-state index contributed by atoms with van der Waals surface area (Å²) in [5.74, 6) is 2.00. The molecule has 2 aliphatic carbocycles. The molecule has 0 nitrogen and oxygen atoms in total. The SMILES string of the molecule is CC1CC2CCC1(C)C2(C)C.II. The third-order valence-corrected chi connectivity index (χ3v) is 5.23. The van der Waals surface area contributed by atoms with Gasteiger partial charge in [-0.3, -0.25) is 0 Å². The second kappa shape index (κ2) is 4.14. The molecule has 0 heterocycles. The number of hydrogen-bond acceptors (Lipinski definition) is 0.